The van der Waals surface area contributed by atoms with E-state index in [1.165, 1.54) is 5.56 Å². The molecule has 1 aromatic carbocycles. The number of benzene rings is 1. The van der Waals surface area contributed by atoms with Gasteiger partial charge >= 0.3 is 0 Å². The molecule has 7 heteroatoms. The zero-order valence-electron chi connectivity index (χ0n) is 18.9. The Morgan fingerprint density at radius 3 is 2.56 bits per heavy atom. The zero-order valence-corrected chi connectivity index (χ0v) is 18.9. The summed E-state index contributed by atoms with van der Waals surface area (Å²) in [7, 11) is 0. The van der Waals surface area contributed by atoms with Crippen molar-refractivity contribution in [3.05, 3.63) is 84.2 Å². The summed E-state index contributed by atoms with van der Waals surface area (Å²) < 4.78 is 2.09. The zero-order chi connectivity index (χ0) is 23.1. The van der Waals surface area contributed by atoms with Gasteiger partial charge in [0.05, 0.1) is 11.3 Å². The summed E-state index contributed by atoms with van der Waals surface area (Å²) in [5.74, 6) is 1.18. The molecule has 1 fully saturated rings. The van der Waals surface area contributed by atoms with Crippen LogP contribution in [0.25, 0.3) is 33.8 Å². The Morgan fingerprint density at radius 1 is 0.971 bits per heavy atom. The minimum atomic E-state index is 0.304. The first-order chi connectivity index (χ1) is 16.7. The van der Waals surface area contributed by atoms with E-state index in [1.807, 2.05) is 24.3 Å². The maximum atomic E-state index is 6.26. The van der Waals surface area contributed by atoms with Crippen molar-refractivity contribution in [2.75, 3.05) is 18.8 Å². The molecule has 0 saturated carbocycles. The molecule has 1 saturated heterocycles. The second kappa shape index (κ2) is 8.52. The number of likely N-dealkylation sites (tertiary alicyclic amines) is 1. The monoisotopic (exact) mass is 449 g/mol. The number of hydrogen-bond donors (Lipinski definition) is 2. The maximum Gasteiger partial charge on any atom is 0.165 e. The minimum Gasteiger partial charge on any atom is -0.383 e. The van der Waals surface area contributed by atoms with Gasteiger partial charge in [0.2, 0.25) is 0 Å². The van der Waals surface area contributed by atoms with Crippen molar-refractivity contribution in [3.8, 4) is 17.1 Å². The smallest absolute Gasteiger partial charge is 0.165 e. The number of pyridine rings is 2. The van der Waals surface area contributed by atoms with E-state index in [2.05, 4.69) is 56.9 Å². The predicted octanol–water partition coefficient (Wildman–Crippen LogP) is 3.94. The number of nitrogens with zero attached hydrogens (tertiary/aromatic N) is 5. The second-order valence-corrected chi connectivity index (χ2v) is 9.01. The van der Waals surface area contributed by atoms with Crippen LogP contribution in [0.15, 0.2) is 73.0 Å². The van der Waals surface area contributed by atoms with E-state index in [4.69, 9.17) is 21.4 Å². The van der Waals surface area contributed by atoms with Crippen molar-refractivity contribution >= 4 is 22.6 Å². The summed E-state index contributed by atoms with van der Waals surface area (Å²) in [6.45, 7) is 2.81. The molecule has 4 aromatic rings. The van der Waals surface area contributed by atoms with Crippen molar-refractivity contribution in [1.29, 1.82) is 0 Å². The van der Waals surface area contributed by atoms with E-state index in [0.29, 0.717) is 11.9 Å². The molecule has 1 aliphatic carbocycles. The maximum absolute atomic E-state index is 6.26. The van der Waals surface area contributed by atoms with Gasteiger partial charge in [0.15, 0.2) is 11.5 Å². The van der Waals surface area contributed by atoms with Crippen molar-refractivity contribution in [1.82, 2.24) is 24.4 Å². The van der Waals surface area contributed by atoms with Gasteiger partial charge in [0.25, 0.3) is 0 Å². The third kappa shape index (κ3) is 3.79. The average Bonchev–Trinajstić information content (AvgIpc) is 3.23. The molecular formula is C27H27N7. The van der Waals surface area contributed by atoms with Crippen LogP contribution in [0.5, 0.6) is 0 Å². The van der Waals surface area contributed by atoms with Crippen LogP contribution in [0.4, 0.5) is 5.82 Å². The molecule has 0 bridgehead atoms. The lowest BCUT2D eigenvalue weighted by molar-refractivity contribution is 0.142. The van der Waals surface area contributed by atoms with Gasteiger partial charge in [-0.05, 0) is 60.4 Å². The molecule has 4 heterocycles. The number of allylic oxidation sites excluding steroid dienone is 4. The lowest BCUT2D eigenvalue weighted by atomic mass is 10.0. The van der Waals surface area contributed by atoms with Gasteiger partial charge in [0, 0.05) is 37.6 Å². The van der Waals surface area contributed by atoms with Gasteiger partial charge in [-0.25, -0.2) is 15.0 Å². The Kier molecular flexibility index (Phi) is 5.20. The molecule has 6 rings (SSSR count). The topological polar surface area (TPSA) is 98.9 Å². The van der Waals surface area contributed by atoms with E-state index in [0.717, 1.165) is 72.0 Å². The average molecular weight is 450 g/mol. The summed E-state index contributed by atoms with van der Waals surface area (Å²) in [5, 5.41) is 0. The highest BCUT2D eigenvalue weighted by molar-refractivity contribution is 5.85. The predicted molar refractivity (Wildman–Crippen MR) is 136 cm³/mol. The second-order valence-electron chi connectivity index (χ2n) is 9.01. The van der Waals surface area contributed by atoms with Crippen molar-refractivity contribution in [2.24, 2.45) is 5.73 Å². The first kappa shape index (κ1) is 20.8. The van der Waals surface area contributed by atoms with Gasteiger partial charge in [-0.2, -0.15) is 0 Å². The molecule has 3 aromatic heterocycles. The van der Waals surface area contributed by atoms with E-state index in [9.17, 15) is 0 Å². The van der Waals surface area contributed by atoms with Crippen LogP contribution >= 0.6 is 0 Å². The van der Waals surface area contributed by atoms with Crippen molar-refractivity contribution in [3.63, 3.8) is 0 Å². The Bertz CT molecular complexity index is 1410. The lowest BCUT2D eigenvalue weighted by Gasteiger charge is -2.36. The molecule has 0 radical (unpaired) electrons. The molecular weight excluding hydrogens is 422 g/mol. The van der Waals surface area contributed by atoms with Crippen molar-refractivity contribution in [2.45, 2.75) is 25.4 Å². The van der Waals surface area contributed by atoms with Crippen LogP contribution in [-0.2, 0) is 6.54 Å². The fourth-order valence-corrected chi connectivity index (χ4v) is 4.70. The minimum absolute atomic E-state index is 0.304. The van der Waals surface area contributed by atoms with E-state index >= 15 is 0 Å². The molecule has 170 valence electrons. The van der Waals surface area contributed by atoms with Crippen LogP contribution in [-0.4, -0.2) is 43.6 Å². The van der Waals surface area contributed by atoms with Gasteiger partial charge in [-0.1, -0.05) is 30.4 Å². The number of anilines is 1. The third-order valence-electron chi connectivity index (χ3n) is 6.46. The molecule has 0 atom stereocenters. The molecule has 1 aliphatic heterocycles. The van der Waals surface area contributed by atoms with Crippen LogP contribution in [0.1, 0.15) is 24.1 Å². The highest BCUT2D eigenvalue weighted by atomic mass is 15.2. The van der Waals surface area contributed by atoms with Crippen LogP contribution < -0.4 is 11.5 Å². The van der Waals surface area contributed by atoms with Gasteiger partial charge < -0.3 is 11.5 Å². The summed E-state index contributed by atoms with van der Waals surface area (Å²) in [4.78, 5) is 16.6. The number of imidazole rings is 1. The van der Waals surface area contributed by atoms with E-state index < -0.39 is 0 Å². The highest BCUT2D eigenvalue weighted by Gasteiger charge is 2.23. The molecule has 2 aliphatic rings. The van der Waals surface area contributed by atoms with Crippen molar-refractivity contribution < 1.29 is 0 Å². The lowest BCUT2D eigenvalue weighted by Crippen LogP contribution is -2.54. The van der Waals surface area contributed by atoms with Crippen LogP contribution in [0, 0.1) is 0 Å². The number of hydrogen-bond acceptors (Lipinski definition) is 6. The SMILES string of the molecule is Nc1ncccc1-c1nc2ccc(C3=CCCC=C3)nc2n1-c1ccc(CN2CC(N)C2)cc1. The molecule has 7 nitrogen and oxygen atoms in total. The normalized spacial score (nSPS) is 16.6. The molecule has 34 heavy (non-hydrogen) atoms. The van der Waals surface area contributed by atoms with Gasteiger partial charge in [-0.3, -0.25) is 9.47 Å². The quantitative estimate of drug-likeness (QED) is 0.479. The summed E-state index contributed by atoms with van der Waals surface area (Å²) >= 11 is 0. The Morgan fingerprint density at radius 2 is 1.82 bits per heavy atom. The fraction of sp³-hybridized carbons (Fsp3) is 0.222. The highest BCUT2D eigenvalue weighted by Crippen LogP contribution is 2.32. The number of rotatable bonds is 5. The third-order valence-corrected chi connectivity index (χ3v) is 6.46. The first-order valence-corrected chi connectivity index (χ1v) is 11.7. The summed E-state index contributed by atoms with van der Waals surface area (Å²) in [6, 6.07) is 16.8. The van der Waals surface area contributed by atoms with Crippen LogP contribution in [0.3, 0.4) is 0 Å². The largest absolute Gasteiger partial charge is 0.383 e. The van der Waals surface area contributed by atoms with Gasteiger partial charge in [0.1, 0.15) is 11.3 Å². The summed E-state index contributed by atoms with van der Waals surface area (Å²) in [6.07, 6.45) is 10.4. The Hall–Kier alpha value is -3.81. The molecule has 4 N–H and O–H groups in total. The fourth-order valence-electron chi connectivity index (χ4n) is 4.70. The number of nitrogens with two attached hydrogens (primary N) is 2. The van der Waals surface area contributed by atoms with E-state index in [-0.39, 0.29) is 0 Å². The number of aromatic nitrogens is 4. The summed E-state index contributed by atoms with van der Waals surface area (Å²) in [5.41, 5.74) is 18.9. The molecule has 0 amide bonds. The van der Waals surface area contributed by atoms with Crippen LogP contribution in [0.2, 0.25) is 0 Å². The molecule has 0 spiro atoms. The standard InChI is InChI=1S/C27H27N7/c28-20-16-33(17-20)15-18-8-10-21(11-9-18)34-26(22-7-4-14-30-25(22)29)32-24-13-12-23(31-27(24)34)19-5-2-1-3-6-19/h2,4-14,20H,1,3,15-17,28H2,(H2,29,30). The molecule has 0 unspecified atom stereocenters. The number of fused-ring (bicyclic) bond motifs is 1. The van der Waals surface area contributed by atoms with Gasteiger partial charge in [-0.15, -0.1) is 0 Å². The Balaban J connectivity index is 1.47. The number of nitrogen functional groups attached to an aromatic ring is 1. The first-order valence-electron chi connectivity index (χ1n) is 11.7. The van der Waals surface area contributed by atoms with E-state index in [1.54, 1.807) is 6.20 Å². The Labute approximate surface area is 198 Å².